The summed E-state index contributed by atoms with van der Waals surface area (Å²) in [5.74, 6) is -0.815. The zero-order valence-electron chi connectivity index (χ0n) is 5.95. The van der Waals surface area contributed by atoms with Gasteiger partial charge in [-0.3, -0.25) is 4.79 Å². The summed E-state index contributed by atoms with van der Waals surface area (Å²) in [6, 6.07) is -0.816. The van der Waals surface area contributed by atoms with E-state index in [1.54, 1.807) is 0 Å². The molecule has 0 saturated heterocycles. The molecule has 0 aliphatic carbocycles. The van der Waals surface area contributed by atoms with Crippen molar-refractivity contribution < 1.29 is 9.90 Å². The van der Waals surface area contributed by atoms with E-state index in [4.69, 9.17) is 16.6 Å². The number of carboxylic acids is 1. The molecule has 0 aliphatic rings. The third-order valence-electron chi connectivity index (χ3n) is 0.514. The van der Waals surface area contributed by atoms with Crippen molar-refractivity contribution in [2.24, 2.45) is 11.5 Å². The van der Waals surface area contributed by atoms with E-state index in [1.165, 1.54) is 0 Å². The Morgan fingerprint density at radius 1 is 1.80 bits per heavy atom. The molecular weight excluding hydrogens is 152 g/mol. The summed E-state index contributed by atoms with van der Waals surface area (Å²) in [6.07, 6.45) is 0. The van der Waals surface area contributed by atoms with Crippen LogP contribution in [-0.2, 0) is 4.79 Å². The molecular formula is C5H14N2O2S. The van der Waals surface area contributed by atoms with E-state index in [1.807, 2.05) is 6.92 Å². The van der Waals surface area contributed by atoms with E-state index in [0.29, 0.717) is 0 Å². The Labute approximate surface area is 66.0 Å². The van der Waals surface area contributed by atoms with E-state index in [9.17, 15) is 4.79 Å². The standard InChI is InChI=1S/C3H7NO2S.C2H7N/c4-2(1-7)3(5)6;1-2-3/h2,7H,1,4H2,(H,5,6);2-3H2,1H3. The van der Waals surface area contributed by atoms with Crippen LogP contribution in [0.1, 0.15) is 6.92 Å². The van der Waals surface area contributed by atoms with Crippen molar-refractivity contribution in [2.75, 3.05) is 12.3 Å². The minimum absolute atomic E-state index is 0.190. The maximum Gasteiger partial charge on any atom is 0.321 e. The summed E-state index contributed by atoms with van der Waals surface area (Å²) in [7, 11) is 0. The highest BCUT2D eigenvalue weighted by molar-refractivity contribution is 7.80. The van der Waals surface area contributed by atoms with Gasteiger partial charge in [0.15, 0.2) is 0 Å². The molecule has 0 spiro atoms. The largest absolute Gasteiger partial charge is 0.480 e. The second kappa shape index (κ2) is 8.74. The van der Waals surface area contributed by atoms with Gasteiger partial charge in [-0.15, -0.1) is 0 Å². The number of hydrogen-bond acceptors (Lipinski definition) is 4. The predicted molar refractivity (Wildman–Crippen MR) is 44.2 cm³/mol. The SMILES string of the molecule is CCN.NC(CS)C(=O)O. The number of nitrogens with two attached hydrogens (primary N) is 2. The highest BCUT2D eigenvalue weighted by atomic mass is 32.1. The maximum absolute atomic E-state index is 9.76. The zero-order chi connectivity index (χ0) is 8.57. The van der Waals surface area contributed by atoms with Gasteiger partial charge < -0.3 is 16.6 Å². The van der Waals surface area contributed by atoms with Crippen LogP contribution < -0.4 is 11.5 Å². The van der Waals surface area contributed by atoms with Crippen LogP contribution in [0.4, 0.5) is 0 Å². The Balaban J connectivity index is 0. The third kappa shape index (κ3) is 10.7. The summed E-state index contributed by atoms with van der Waals surface area (Å²) < 4.78 is 0. The highest BCUT2D eigenvalue weighted by Crippen LogP contribution is 1.80. The van der Waals surface area contributed by atoms with Crippen LogP contribution in [0.3, 0.4) is 0 Å². The molecule has 0 bridgehead atoms. The van der Waals surface area contributed by atoms with Gasteiger partial charge in [0.1, 0.15) is 6.04 Å². The van der Waals surface area contributed by atoms with E-state index in [-0.39, 0.29) is 5.75 Å². The van der Waals surface area contributed by atoms with E-state index in [2.05, 4.69) is 12.6 Å². The van der Waals surface area contributed by atoms with Gasteiger partial charge in [0.25, 0.3) is 0 Å². The molecule has 62 valence electrons. The summed E-state index contributed by atoms with van der Waals surface area (Å²) >= 11 is 3.65. The molecule has 0 rings (SSSR count). The van der Waals surface area contributed by atoms with Crippen LogP contribution >= 0.6 is 12.6 Å². The van der Waals surface area contributed by atoms with Crippen molar-refractivity contribution in [3.05, 3.63) is 0 Å². The fourth-order valence-corrected chi connectivity index (χ4v) is 0.234. The van der Waals surface area contributed by atoms with Crippen LogP contribution in [0.15, 0.2) is 0 Å². The molecule has 4 nitrogen and oxygen atoms in total. The van der Waals surface area contributed by atoms with Crippen LogP contribution in [0, 0.1) is 0 Å². The number of aliphatic carboxylic acids is 1. The minimum atomic E-state index is -1.00. The van der Waals surface area contributed by atoms with Crippen molar-refractivity contribution in [1.82, 2.24) is 0 Å². The monoisotopic (exact) mass is 166 g/mol. The van der Waals surface area contributed by atoms with Crippen LogP contribution in [0.2, 0.25) is 0 Å². The Kier molecular flexibility index (Phi) is 10.9. The molecule has 0 amide bonds. The van der Waals surface area contributed by atoms with Crippen molar-refractivity contribution in [3.63, 3.8) is 0 Å². The summed E-state index contributed by atoms with van der Waals surface area (Å²) in [6.45, 7) is 2.65. The lowest BCUT2D eigenvalue weighted by molar-refractivity contribution is -0.137. The van der Waals surface area contributed by atoms with Crippen molar-refractivity contribution in [3.8, 4) is 0 Å². The third-order valence-corrected chi connectivity index (χ3v) is 0.907. The number of rotatable bonds is 2. The van der Waals surface area contributed by atoms with Gasteiger partial charge in [-0.2, -0.15) is 12.6 Å². The van der Waals surface area contributed by atoms with Crippen LogP contribution in [0.5, 0.6) is 0 Å². The van der Waals surface area contributed by atoms with Gasteiger partial charge in [-0.05, 0) is 6.54 Å². The van der Waals surface area contributed by atoms with Crippen molar-refractivity contribution in [2.45, 2.75) is 13.0 Å². The van der Waals surface area contributed by atoms with Crippen molar-refractivity contribution >= 4 is 18.6 Å². The second-order valence-corrected chi connectivity index (χ2v) is 1.90. The average molecular weight is 166 g/mol. The molecule has 0 fully saturated rings. The Morgan fingerprint density at radius 3 is 2.10 bits per heavy atom. The van der Waals surface area contributed by atoms with Crippen LogP contribution in [0.25, 0.3) is 0 Å². The molecule has 5 N–H and O–H groups in total. The zero-order valence-corrected chi connectivity index (χ0v) is 6.84. The molecule has 0 aliphatic heterocycles. The molecule has 0 aromatic carbocycles. The van der Waals surface area contributed by atoms with Gasteiger partial charge in [0, 0.05) is 5.75 Å². The van der Waals surface area contributed by atoms with Crippen molar-refractivity contribution in [1.29, 1.82) is 0 Å². The predicted octanol–water partition coefficient (Wildman–Crippen LogP) is -0.707. The fraction of sp³-hybridized carbons (Fsp3) is 0.800. The first-order chi connectivity index (χ1) is 4.59. The molecule has 10 heavy (non-hydrogen) atoms. The van der Waals surface area contributed by atoms with Gasteiger partial charge >= 0.3 is 5.97 Å². The number of thiol groups is 1. The van der Waals surface area contributed by atoms with Gasteiger partial charge in [0.2, 0.25) is 0 Å². The molecule has 1 unspecified atom stereocenters. The quantitative estimate of drug-likeness (QED) is 0.408. The number of carboxylic acid groups (broad SMARTS) is 1. The lowest BCUT2D eigenvalue weighted by Gasteiger charge is -1.96. The van der Waals surface area contributed by atoms with E-state index in [0.717, 1.165) is 6.54 Å². The first-order valence-electron chi connectivity index (χ1n) is 2.89. The Bertz CT molecular complexity index is 89.7. The smallest absolute Gasteiger partial charge is 0.321 e. The lowest BCUT2D eigenvalue weighted by Crippen LogP contribution is -2.31. The second-order valence-electron chi connectivity index (χ2n) is 1.54. The summed E-state index contributed by atoms with van der Waals surface area (Å²) in [4.78, 5) is 9.76. The average Bonchev–Trinajstić information content (AvgIpc) is 1.88. The minimum Gasteiger partial charge on any atom is -0.480 e. The molecule has 0 aromatic rings. The highest BCUT2D eigenvalue weighted by Gasteiger charge is 2.06. The maximum atomic E-state index is 9.76. The number of carbonyl (C=O) groups is 1. The summed E-state index contributed by atoms with van der Waals surface area (Å²) in [5, 5.41) is 8.01. The molecule has 0 heterocycles. The lowest BCUT2D eigenvalue weighted by atomic mass is 10.4. The fourth-order valence-electron chi connectivity index (χ4n) is 0.0781. The van der Waals surface area contributed by atoms with Gasteiger partial charge in [0.05, 0.1) is 0 Å². The Morgan fingerprint density at radius 2 is 2.10 bits per heavy atom. The molecule has 5 heteroatoms. The number of hydrogen-bond donors (Lipinski definition) is 4. The molecule has 0 radical (unpaired) electrons. The summed E-state index contributed by atoms with van der Waals surface area (Å²) in [5.41, 5.74) is 9.79. The van der Waals surface area contributed by atoms with Crippen LogP contribution in [-0.4, -0.2) is 29.4 Å². The normalized spacial score (nSPS) is 11.2. The topological polar surface area (TPSA) is 89.3 Å². The first kappa shape index (κ1) is 12.4. The molecule has 0 saturated carbocycles. The van der Waals surface area contributed by atoms with Gasteiger partial charge in [-0.25, -0.2) is 0 Å². The Hall–Kier alpha value is -0.260. The van der Waals surface area contributed by atoms with E-state index < -0.39 is 12.0 Å². The first-order valence-corrected chi connectivity index (χ1v) is 3.52. The van der Waals surface area contributed by atoms with Gasteiger partial charge in [-0.1, -0.05) is 6.92 Å². The molecule has 1 atom stereocenters. The van der Waals surface area contributed by atoms with E-state index >= 15 is 0 Å². The molecule has 0 aromatic heterocycles.